The van der Waals surface area contributed by atoms with Gasteiger partial charge in [0.25, 0.3) is 0 Å². The SMILES string of the molecule is CN(CCCC(=O)N1CCOCC1)C(=O)OOC(=O)CCc1ccccc1. The van der Waals surface area contributed by atoms with Crippen LogP contribution < -0.4 is 0 Å². The number of hydrogen-bond donors (Lipinski definition) is 0. The number of nitrogens with zero attached hydrogens (tertiary/aromatic N) is 2. The summed E-state index contributed by atoms with van der Waals surface area (Å²) < 4.78 is 5.21. The van der Waals surface area contributed by atoms with Crippen molar-refractivity contribution in [3.63, 3.8) is 0 Å². The van der Waals surface area contributed by atoms with Gasteiger partial charge in [0.2, 0.25) is 5.91 Å². The molecule has 1 aliphatic heterocycles. The van der Waals surface area contributed by atoms with Crippen LogP contribution in [0.5, 0.6) is 0 Å². The molecule has 0 N–H and O–H groups in total. The summed E-state index contributed by atoms with van der Waals surface area (Å²) in [4.78, 5) is 47.6. The van der Waals surface area contributed by atoms with Crippen LogP contribution in [-0.4, -0.2) is 67.7 Å². The largest absolute Gasteiger partial charge is 0.452 e. The predicted molar refractivity (Wildman–Crippen MR) is 96.6 cm³/mol. The Morgan fingerprint density at radius 2 is 1.78 bits per heavy atom. The Balaban J connectivity index is 1.57. The first-order valence-corrected chi connectivity index (χ1v) is 9.08. The summed E-state index contributed by atoms with van der Waals surface area (Å²) in [5, 5.41) is 0. The number of carbonyl (C=O) groups excluding carboxylic acids is 3. The van der Waals surface area contributed by atoms with Crippen LogP contribution in [0.2, 0.25) is 0 Å². The molecular weight excluding hydrogens is 352 g/mol. The third-order valence-corrected chi connectivity index (χ3v) is 4.23. The normalized spacial score (nSPS) is 13.7. The van der Waals surface area contributed by atoms with E-state index < -0.39 is 12.1 Å². The van der Waals surface area contributed by atoms with E-state index in [4.69, 9.17) is 4.74 Å². The van der Waals surface area contributed by atoms with Gasteiger partial charge in [-0.15, -0.1) is 0 Å². The van der Waals surface area contributed by atoms with Crippen molar-refractivity contribution in [2.45, 2.75) is 25.7 Å². The smallest absolute Gasteiger partial charge is 0.378 e. The zero-order valence-electron chi connectivity index (χ0n) is 15.6. The minimum absolute atomic E-state index is 0.0485. The van der Waals surface area contributed by atoms with Crippen LogP contribution in [0.25, 0.3) is 0 Å². The van der Waals surface area contributed by atoms with Crippen LogP contribution in [0.15, 0.2) is 30.3 Å². The van der Waals surface area contributed by atoms with E-state index in [2.05, 4.69) is 9.78 Å². The highest BCUT2D eigenvalue weighted by Crippen LogP contribution is 2.06. The zero-order chi connectivity index (χ0) is 19.5. The summed E-state index contributed by atoms with van der Waals surface area (Å²) in [5.41, 5.74) is 1.00. The first kappa shape index (κ1) is 20.7. The molecular formula is C19H26N2O6. The van der Waals surface area contributed by atoms with E-state index in [0.29, 0.717) is 52.1 Å². The minimum Gasteiger partial charge on any atom is -0.378 e. The van der Waals surface area contributed by atoms with Gasteiger partial charge in [0.15, 0.2) is 0 Å². The number of hydrogen-bond acceptors (Lipinski definition) is 6. The minimum atomic E-state index is -0.762. The second kappa shape index (κ2) is 11.2. The molecule has 2 rings (SSSR count). The number of ether oxygens (including phenoxy) is 1. The topological polar surface area (TPSA) is 85.4 Å². The highest BCUT2D eigenvalue weighted by atomic mass is 17.2. The van der Waals surface area contributed by atoms with Gasteiger partial charge < -0.3 is 14.5 Å². The van der Waals surface area contributed by atoms with Crippen molar-refractivity contribution < 1.29 is 28.9 Å². The third kappa shape index (κ3) is 7.65. The van der Waals surface area contributed by atoms with Crippen molar-refractivity contribution >= 4 is 18.0 Å². The summed E-state index contributed by atoms with van der Waals surface area (Å²) in [6, 6.07) is 9.49. The maximum absolute atomic E-state index is 12.0. The number of carbonyl (C=O) groups is 3. The molecule has 1 aliphatic rings. The van der Waals surface area contributed by atoms with Crippen molar-refractivity contribution in [2.24, 2.45) is 0 Å². The highest BCUT2D eigenvalue weighted by Gasteiger charge is 2.18. The molecule has 0 saturated carbocycles. The maximum Gasteiger partial charge on any atom is 0.452 e. The lowest BCUT2D eigenvalue weighted by Crippen LogP contribution is -2.41. The summed E-state index contributed by atoms with van der Waals surface area (Å²) in [7, 11) is 1.53. The molecule has 1 saturated heterocycles. The molecule has 148 valence electrons. The van der Waals surface area contributed by atoms with Crippen LogP contribution in [0, 0.1) is 0 Å². The van der Waals surface area contributed by atoms with Gasteiger partial charge in [-0.05, 0) is 18.4 Å². The standard InChI is InChI=1S/C19H26N2O6/c1-20(11-5-8-17(22)21-12-14-25-15-13-21)19(24)27-26-18(23)10-9-16-6-3-2-4-7-16/h2-4,6-7H,5,8-15H2,1H3. The molecule has 27 heavy (non-hydrogen) atoms. The molecule has 0 aromatic heterocycles. The zero-order valence-corrected chi connectivity index (χ0v) is 15.6. The first-order chi connectivity index (χ1) is 13.1. The van der Waals surface area contributed by atoms with Crippen LogP contribution in [0.1, 0.15) is 24.8 Å². The molecule has 1 aromatic carbocycles. The van der Waals surface area contributed by atoms with Crippen molar-refractivity contribution in [2.75, 3.05) is 39.9 Å². The molecule has 1 heterocycles. The Bertz CT molecular complexity index is 616. The predicted octanol–water partition coefficient (Wildman–Crippen LogP) is 1.78. The number of benzene rings is 1. The molecule has 8 nitrogen and oxygen atoms in total. The number of morpholine rings is 1. The van der Waals surface area contributed by atoms with Crippen LogP contribution in [-0.2, 0) is 30.5 Å². The second-order valence-corrected chi connectivity index (χ2v) is 6.31. The van der Waals surface area contributed by atoms with E-state index in [1.54, 1.807) is 4.90 Å². The van der Waals surface area contributed by atoms with Crippen LogP contribution in [0.3, 0.4) is 0 Å². The second-order valence-electron chi connectivity index (χ2n) is 6.31. The molecule has 0 bridgehead atoms. The first-order valence-electron chi connectivity index (χ1n) is 9.08. The molecule has 0 unspecified atom stereocenters. The lowest BCUT2D eigenvalue weighted by molar-refractivity contribution is -0.236. The lowest BCUT2D eigenvalue weighted by Gasteiger charge is -2.27. The fraction of sp³-hybridized carbons (Fsp3) is 0.526. The Kier molecular flexibility index (Phi) is 8.57. The van der Waals surface area contributed by atoms with Gasteiger partial charge in [0.1, 0.15) is 0 Å². The van der Waals surface area contributed by atoms with E-state index in [0.717, 1.165) is 5.56 Å². The molecule has 0 spiro atoms. The van der Waals surface area contributed by atoms with Crippen LogP contribution in [0.4, 0.5) is 4.79 Å². The number of aryl methyl sites for hydroxylation is 1. The van der Waals surface area contributed by atoms with E-state index in [9.17, 15) is 14.4 Å². The number of amides is 2. The monoisotopic (exact) mass is 378 g/mol. The Morgan fingerprint density at radius 1 is 1.07 bits per heavy atom. The quantitative estimate of drug-likeness (QED) is 0.531. The average Bonchev–Trinajstić information content (AvgIpc) is 2.71. The van der Waals surface area contributed by atoms with E-state index in [1.807, 2.05) is 30.3 Å². The average molecular weight is 378 g/mol. The van der Waals surface area contributed by atoms with Gasteiger partial charge >= 0.3 is 12.1 Å². The summed E-state index contributed by atoms with van der Waals surface area (Å²) >= 11 is 0. The van der Waals surface area contributed by atoms with E-state index in [1.165, 1.54) is 11.9 Å². The van der Waals surface area contributed by atoms with E-state index >= 15 is 0 Å². The molecule has 1 fully saturated rings. The fourth-order valence-corrected chi connectivity index (χ4v) is 2.61. The van der Waals surface area contributed by atoms with Crippen LogP contribution >= 0.6 is 0 Å². The highest BCUT2D eigenvalue weighted by molar-refractivity contribution is 5.76. The van der Waals surface area contributed by atoms with Gasteiger partial charge in [0, 0.05) is 33.1 Å². The Labute approximate surface area is 158 Å². The third-order valence-electron chi connectivity index (χ3n) is 4.23. The van der Waals surface area contributed by atoms with Gasteiger partial charge in [-0.2, -0.15) is 0 Å². The molecule has 8 heteroatoms. The number of rotatable bonds is 7. The van der Waals surface area contributed by atoms with Gasteiger partial charge in [0.05, 0.1) is 19.6 Å². The molecule has 0 atom stereocenters. The van der Waals surface area contributed by atoms with Crippen molar-refractivity contribution in [3.8, 4) is 0 Å². The van der Waals surface area contributed by atoms with Gasteiger partial charge in [-0.25, -0.2) is 19.4 Å². The van der Waals surface area contributed by atoms with Crippen molar-refractivity contribution in [1.82, 2.24) is 9.80 Å². The van der Waals surface area contributed by atoms with E-state index in [-0.39, 0.29) is 12.3 Å². The van der Waals surface area contributed by atoms with Crippen molar-refractivity contribution in [3.05, 3.63) is 35.9 Å². The molecule has 0 radical (unpaired) electrons. The Hall–Kier alpha value is -2.61. The fourth-order valence-electron chi connectivity index (χ4n) is 2.61. The summed E-state index contributed by atoms with van der Waals surface area (Å²) in [6.45, 7) is 2.67. The molecule has 0 aliphatic carbocycles. The lowest BCUT2D eigenvalue weighted by atomic mass is 10.1. The van der Waals surface area contributed by atoms with Gasteiger partial charge in [-0.3, -0.25) is 4.79 Å². The van der Waals surface area contributed by atoms with Crippen molar-refractivity contribution in [1.29, 1.82) is 0 Å². The Morgan fingerprint density at radius 3 is 2.48 bits per heavy atom. The summed E-state index contributed by atoms with van der Waals surface area (Å²) in [6.07, 6.45) is 0.714. The summed E-state index contributed by atoms with van der Waals surface area (Å²) in [5.74, 6) is -0.560. The molecule has 1 aromatic rings. The molecule has 2 amide bonds. The maximum atomic E-state index is 12.0. The van der Waals surface area contributed by atoms with Gasteiger partial charge in [-0.1, -0.05) is 30.3 Å².